The second-order valence-electron chi connectivity index (χ2n) is 2.92. The summed E-state index contributed by atoms with van der Waals surface area (Å²) < 4.78 is 26.5. The number of carbonyl (C=O) groups is 1. The number of nitrogens with zero attached hydrogens (tertiary/aromatic N) is 1. The number of hydrogen-bond acceptors (Lipinski definition) is 4. The Morgan fingerprint density at radius 1 is 1.50 bits per heavy atom. The normalized spacial score (nSPS) is 11.1. The molecule has 0 aliphatic carbocycles. The second-order valence-corrected chi connectivity index (χ2v) is 4.54. The van der Waals surface area contributed by atoms with Crippen molar-refractivity contribution in [2.24, 2.45) is 0 Å². The van der Waals surface area contributed by atoms with E-state index in [2.05, 4.69) is 14.4 Å². The Kier molecular flexibility index (Phi) is 3.80. The third kappa shape index (κ3) is 3.83. The summed E-state index contributed by atoms with van der Waals surface area (Å²) in [7, 11) is -2.29. The summed E-state index contributed by atoms with van der Waals surface area (Å²) in [5.41, 5.74) is 0.628. The molecule has 8 heteroatoms. The highest BCUT2D eigenvalue weighted by Gasteiger charge is 2.07. The average molecular weight is 245 g/mol. The molecule has 0 radical (unpaired) electrons. The molecule has 88 valence electrons. The summed E-state index contributed by atoms with van der Waals surface area (Å²) in [5.74, 6) is -0.990. The number of carboxylic acids is 1. The summed E-state index contributed by atoms with van der Waals surface area (Å²) in [6.07, 6.45) is 1.06. The van der Waals surface area contributed by atoms with Crippen molar-refractivity contribution in [3.05, 3.63) is 24.0 Å². The molecular weight excluding hydrogens is 234 g/mol. The van der Waals surface area contributed by atoms with Crippen LogP contribution >= 0.6 is 0 Å². The Bertz CT molecular complexity index is 469. The van der Waals surface area contributed by atoms with E-state index in [1.165, 1.54) is 25.4 Å². The van der Waals surface area contributed by atoms with E-state index in [1.54, 1.807) is 0 Å². The van der Waals surface area contributed by atoms with E-state index in [9.17, 15) is 13.2 Å². The number of anilines is 1. The molecule has 0 fully saturated rings. The van der Waals surface area contributed by atoms with Crippen LogP contribution in [0.25, 0.3) is 0 Å². The lowest BCUT2D eigenvalue weighted by atomic mass is 10.3. The molecule has 1 aromatic rings. The quantitative estimate of drug-likeness (QED) is 0.653. The molecule has 7 nitrogen and oxygen atoms in total. The zero-order chi connectivity index (χ0) is 12.2. The van der Waals surface area contributed by atoms with Crippen molar-refractivity contribution in [1.82, 2.24) is 9.71 Å². The molecule has 0 atom stereocenters. The molecule has 1 heterocycles. The van der Waals surface area contributed by atoms with Gasteiger partial charge >= 0.3 is 5.97 Å². The highest BCUT2D eigenvalue weighted by atomic mass is 32.2. The lowest BCUT2D eigenvalue weighted by molar-refractivity contribution is -0.136. The summed E-state index contributed by atoms with van der Waals surface area (Å²) in [5, 5.41) is 8.50. The first kappa shape index (κ1) is 12.4. The number of carboxylic acid groups (broad SMARTS) is 1. The zero-order valence-corrected chi connectivity index (χ0v) is 9.28. The van der Waals surface area contributed by atoms with Crippen molar-refractivity contribution in [2.75, 3.05) is 11.8 Å². The van der Waals surface area contributed by atoms with Crippen molar-refractivity contribution >= 4 is 21.9 Å². The van der Waals surface area contributed by atoms with Gasteiger partial charge in [-0.05, 0) is 12.1 Å². The fraction of sp³-hybridized carbons (Fsp3) is 0.250. The number of pyridine rings is 1. The molecule has 0 aliphatic rings. The summed E-state index contributed by atoms with van der Waals surface area (Å²) >= 11 is 0. The van der Waals surface area contributed by atoms with E-state index in [-0.39, 0.29) is 12.1 Å². The van der Waals surface area contributed by atoms with E-state index in [1.807, 2.05) is 0 Å². The minimum atomic E-state index is -3.56. The summed E-state index contributed by atoms with van der Waals surface area (Å²) in [6.45, 7) is 0. The van der Waals surface area contributed by atoms with Gasteiger partial charge in [0.1, 0.15) is 0 Å². The van der Waals surface area contributed by atoms with Crippen LogP contribution in [0.4, 0.5) is 5.69 Å². The van der Waals surface area contributed by atoms with Crippen LogP contribution in [0.5, 0.6) is 0 Å². The first-order valence-corrected chi connectivity index (χ1v) is 5.79. The van der Waals surface area contributed by atoms with Crippen LogP contribution in [0, 0.1) is 0 Å². The number of hydrogen-bond donors (Lipinski definition) is 3. The predicted octanol–water partition coefficient (Wildman–Crippen LogP) is -0.415. The minimum Gasteiger partial charge on any atom is -0.481 e. The molecular formula is C8H11N3O4S. The Labute approximate surface area is 92.7 Å². The maximum absolute atomic E-state index is 11.1. The van der Waals surface area contributed by atoms with Gasteiger partial charge in [-0.2, -0.15) is 8.42 Å². The van der Waals surface area contributed by atoms with Crippen LogP contribution < -0.4 is 9.44 Å². The number of rotatable bonds is 5. The lowest BCUT2D eigenvalue weighted by Crippen LogP contribution is -2.26. The summed E-state index contributed by atoms with van der Waals surface area (Å²) in [6, 6.07) is 2.89. The molecule has 1 rings (SSSR count). The molecule has 1 aromatic heterocycles. The van der Waals surface area contributed by atoms with Crippen LogP contribution in [-0.2, 0) is 21.4 Å². The van der Waals surface area contributed by atoms with Crippen LogP contribution in [0.3, 0.4) is 0 Å². The van der Waals surface area contributed by atoms with Crippen LogP contribution in [0.2, 0.25) is 0 Å². The van der Waals surface area contributed by atoms with Crippen molar-refractivity contribution < 1.29 is 18.3 Å². The standard InChI is InChI=1S/C8H11N3O4S/c1-9-16(14,15)11-7-3-2-6(10-5-7)4-8(12)13/h2-3,5,9,11H,4H2,1H3,(H,12,13). The molecule has 16 heavy (non-hydrogen) atoms. The highest BCUT2D eigenvalue weighted by molar-refractivity contribution is 7.90. The first-order chi connectivity index (χ1) is 7.43. The Morgan fingerprint density at radius 2 is 2.19 bits per heavy atom. The zero-order valence-electron chi connectivity index (χ0n) is 8.47. The van der Waals surface area contributed by atoms with Gasteiger partial charge in [-0.1, -0.05) is 0 Å². The molecule has 0 bridgehead atoms. The summed E-state index contributed by atoms with van der Waals surface area (Å²) in [4.78, 5) is 14.2. The molecule has 0 saturated heterocycles. The van der Waals surface area contributed by atoms with Gasteiger partial charge < -0.3 is 5.11 Å². The van der Waals surface area contributed by atoms with Crippen molar-refractivity contribution in [3.8, 4) is 0 Å². The fourth-order valence-electron chi connectivity index (χ4n) is 0.951. The van der Waals surface area contributed by atoms with Gasteiger partial charge in [0.2, 0.25) is 0 Å². The third-order valence-corrected chi connectivity index (χ3v) is 2.72. The maximum Gasteiger partial charge on any atom is 0.309 e. The van der Waals surface area contributed by atoms with Crippen LogP contribution in [-0.4, -0.2) is 31.5 Å². The van der Waals surface area contributed by atoms with E-state index >= 15 is 0 Å². The molecule has 0 saturated carbocycles. The molecule has 0 aliphatic heterocycles. The van der Waals surface area contributed by atoms with Crippen LogP contribution in [0.1, 0.15) is 5.69 Å². The van der Waals surface area contributed by atoms with Gasteiger partial charge in [-0.25, -0.2) is 4.72 Å². The van der Waals surface area contributed by atoms with E-state index in [4.69, 9.17) is 5.11 Å². The van der Waals surface area contributed by atoms with Crippen LogP contribution in [0.15, 0.2) is 18.3 Å². The molecule has 0 amide bonds. The number of nitrogens with one attached hydrogen (secondary N) is 2. The highest BCUT2D eigenvalue weighted by Crippen LogP contribution is 2.07. The monoisotopic (exact) mass is 245 g/mol. The fourth-order valence-corrected chi connectivity index (χ4v) is 1.48. The largest absolute Gasteiger partial charge is 0.481 e. The van der Waals surface area contributed by atoms with Crippen molar-refractivity contribution in [2.45, 2.75) is 6.42 Å². The van der Waals surface area contributed by atoms with Gasteiger partial charge in [-0.15, -0.1) is 0 Å². The molecule has 0 unspecified atom stereocenters. The number of aromatic nitrogens is 1. The smallest absolute Gasteiger partial charge is 0.309 e. The van der Waals surface area contributed by atoms with Crippen molar-refractivity contribution in [3.63, 3.8) is 0 Å². The average Bonchev–Trinajstić information content (AvgIpc) is 2.20. The van der Waals surface area contributed by atoms with Gasteiger partial charge in [0, 0.05) is 7.05 Å². The predicted molar refractivity (Wildman–Crippen MR) is 57.2 cm³/mol. The maximum atomic E-state index is 11.1. The van der Waals surface area contributed by atoms with Gasteiger partial charge in [0.25, 0.3) is 10.2 Å². The number of aliphatic carboxylic acids is 1. The molecule has 3 N–H and O–H groups in total. The van der Waals surface area contributed by atoms with Gasteiger partial charge in [0.15, 0.2) is 0 Å². The minimum absolute atomic E-state index is 0.195. The van der Waals surface area contributed by atoms with E-state index < -0.39 is 16.2 Å². The SMILES string of the molecule is CNS(=O)(=O)Nc1ccc(CC(=O)O)nc1. The van der Waals surface area contributed by atoms with E-state index in [0.29, 0.717) is 5.69 Å². The molecule has 0 spiro atoms. The van der Waals surface area contributed by atoms with Crippen molar-refractivity contribution in [1.29, 1.82) is 0 Å². The Hall–Kier alpha value is -1.67. The topological polar surface area (TPSA) is 108 Å². The third-order valence-electron chi connectivity index (χ3n) is 1.68. The van der Waals surface area contributed by atoms with Gasteiger partial charge in [-0.3, -0.25) is 14.5 Å². The van der Waals surface area contributed by atoms with Gasteiger partial charge in [0.05, 0.1) is 24.0 Å². The first-order valence-electron chi connectivity index (χ1n) is 4.31. The van der Waals surface area contributed by atoms with E-state index in [0.717, 1.165) is 0 Å². The Balaban J connectivity index is 2.76. The Morgan fingerprint density at radius 3 is 2.62 bits per heavy atom. The molecule has 0 aromatic carbocycles. The lowest BCUT2D eigenvalue weighted by Gasteiger charge is -2.05. The second kappa shape index (κ2) is 4.90.